The molecule has 0 aliphatic heterocycles. The molecule has 0 radical (unpaired) electrons. The first-order chi connectivity index (χ1) is 13.2. The van der Waals surface area contributed by atoms with Crippen LogP contribution in [0, 0.1) is 13.8 Å². The number of nitrogens with one attached hydrogen (secondary N) is 1. The van der Waals surface area contributed by atoms with Gasteiger partial charge in [-0.25, -0.2) is 8.42 Å². The largest absolute Gasteiger partial charge is 0.299 e. The Bertz CT molecular complexity index is 936. The summed E-state index contributed by atoms with van der Waals surface area (Å²) in [6.45, 7) is 9.21. The van der Waals surface area contributed by atoms with E-state index in [2.05, 4.69) is 22.1 Å². The molecule has 1 amide bonds. The third kappa shape index (κ3) is 5.79. The summed E-state index contributed by atoms with van der Waals surface area (Å²) in [6, 6.07) is 4.58. The van der Waals surface area contributed by atoms with Gasteiger partial charge in [0.2, 0.25) is 21.1 Å². The monoisotopic (exact) mass is 440 g/mol. The van der Waals surface area contributed by atoms with Crippen molar-refractivity contribution in [1.82, 2.24) is 10.2 Å². The van der Waals surface area contributed by atoms with Crippen LogP contribution in [0.2, 0.25) is 0 Å². The van der Waals surface area contributed by atoms with Gasteiger partial charge < -0.3 is 0 Å². The van der Waals surface area contributed by atoms with Crippen molar-refractivity contribution in [2.24, 2.45) is 0 Å². The number of aryl methyl sites for hydroxylation is 2. The van der Waals surface area contributed by atoms with Crippen LogP contribution in [-0.2, 0) is 14.8 Å². The minimum absolute atomic E-state index is 0.308. The van der Waals surface area contributed by atoms with Gasteiger partial charge in [-0.15, -0.1) is 16.8 Å². The second-order valence-corrected chi connectivity index (χ2v) is 10.4. The highest BCUT2D eigenvalue weighted by molar-refractivity contribution is 8.01. The minimum Gasteiger partial charge on any atom is -0.299 e. The van der Waals surface area contributed by atoms with E-state index in [1.807, 2.05) is 19.9 Å². The first-order valence-electron chi connectivity index (χ1n) is 8.61. The lowest BCUT2D eigenvalue weighted by atomic mass is 10.1. The number of carbonyl (C=O) groups excluding carboxylic acids is 1. The minimum atomic E-state index is -3.68. The van der Waals surface area contributed by atoms with Gasteiger partial charge in [0.1, 0.15) is 6.04 Å². The second kappa shape index (κ2) is 9.53. The van der Waals surface area contributed by atoms with E-state index in [0.29, 0.717) is 27.3 Å². The van der Waals surface area contributed by atoms with Crippen molar-refractivity contribution in [1.29, 1.82) is 0 Å². The van der Waals surface area contributed by atoms with E-state index in [-0.39, 0.29) is 0 Å². The molecule has 1 N–H and O–H groups in total. The standard InChI is InChI=1S/C18H24N4O3S3/c1-6-8-26-18-21-20-17(27-18)19-16(23)15(7-2)22(28(5,24)25)14-10-12(3)9-13(4)11-14/h6,9-11,15H,1,7-8H2,2-5H3,(H,19,20,23)/t15-/m0/s1. The number of benzene rings is 1. The van der Waals surface area contributed by atoms with Crippen molar-refractivity contribution in [3.8, 4) is 0 Å². The number of anilines is 2. The molecule has 0 saturated heterocycles. The van der Waals surface area contributed by atoms with E-state index in [1.165, 1.54) is 27.4 Å². The van der Waals surface area contributed by atoms with E-state index < -0.39 is 22.0 Å². The maximum atomic E-state index is 12.9. The Balaban J connectivity index is 2.31. The summed E-state index contributed by atoms with van der Waals surface area (Å²) in [5.74, 6) is 0.248. The highest BCUT2D eigenvalue weighted by atomic mass is 32.2. The van der Waals surface area contributed by atoms with Crippen LogP contribution in [0.15, 0.2) is 35.2 Å². The number of sulfonamides is 1. The smallest absolute Gasteiger partial charge is 0.250 e. The van der Waals surface area contributed by atoms with Crippen LogP contribution in [0.5, 0.6) is 0 Å². The van der Waals surface area contributed by atoms with Crippen molar-refractivity contribution in [2.75, 3.05) is 21.6 Å². The molecule has 0 spiro atoms. The molecule has 2 rings (SSSR count). The van der Waals surface area contributed by atoms with Crippen LogP contribution in [0.3, 0.4) is 0 Å². The van der Waals surface area contributed by atoms with E-state index in [0.717, 1.165) is 17.4 Å². The van der Waals surface area contributed by atoms with Crippen LogP contribution < -0.4 is 9.62 Å². The maximum Gasteiger partial charge on any atom is 0.250 e. The number of aromatic nitrogens is 2. The predicted molar refractivity (Wildman–Crippen MR) is 117 cm³/mol. The molecular formula is C18H24N4O3S3. The predicted octanol–water partition coefficient (Wildman–Crippen LogP) is 3.62. The molecule has 28 heavy (non-hydrogen) atoms. The van der Waals surface area contributed by atoms with Crippen molar-refractivity contribution >= 4 is 49.8 Å². The van der Waals surface area contributed by atoms with Crippen LogP contribution in [0.4, 0.5) is 10.8 Å². The van der Waals surface area contributed by atoms with Crippen LogP contribution in [0.1, 0.15) is 24.5 Å². The highest BCUT2D eigenvalue weighted by Gasteiger charge is 2.32. The first-order valence-corrected chi connectivity index (χ1v) is 12.3. The molecule has 0 unspecified atom stereocenters. The number of hydrogen-bond donors (Lipinski definition) is 1. The van der Waals surface area contributed by atoms with E-state index in [1.54, 1.807) is 25.1 Å². The third-order valence-electron chi connectivity index (χ3n) is 3.75. The molecule has 0 saturated carbocycles. The molecule has 1 aromatic heterocycles. The summed E-state index contributed by atoms with van der Waals surface area (Å²) in [5, 5.41) is 11.0. The topological polar surface area (TPSA) is 92.3 Å². The van der Waals surface area contributed by atoms with Gasteiger partial charge >= 0.3 is 0 Å². The molecule has 10 heteroatoms. The van der Waals surface area contributed by atoms with Gasteiger partial charge in [0.25, 0.3) is 0 Å². The molecule has 0 fully saturated rings. The molecule has 0 aliphatic rings. The summed E-state index contributed by atoms with van der Waals surface area (Å²) >= 11 is 2.70. The molecule has 152 valence electrons. The molecular weight excluding hydrogens is 416 g/mol. The zero-order valence-electron chi connectivity index (χ0n) is 16.3. The average Bonchev–Trinajstić information content (AvgIpc) is 3.02. The Morgan fingerprint density at radius 1 is 1.32 bits per heavy atom. The number of amides is 1. The Morgan fingerprint density at radius 2 is 1.96 bits per heavy atom. The Morgan fingerprint density at radius 3 is 2.50 bits per heavy atom. The Hall–Kier alpha value is -1.91. The molecule has 7 nitrogen and oxygen atoms in total. The SMILES string of the molecule is C=CCSc1nnc(NC(=O)[C@H](CC)N(c2cc(C)cc(C)c2)S(C)(=O)=O)s1. The number of rotatable bonds is 9. The fourth-order valence-electron chi connectivity index (χ4n) is 2.78. The Kier molecular flexibility index (Phi) is 7.62. The lowest BCUT2D eigenvalue weighted by Gasteiger charge is -2.30. The molecule has 1 aromatic carbocycles. The van der Waals surface area contributed by atoms with E-state index in [9.17, 15) is 13.2 Å². The molecule has 0 bridgehead atoms. The number of nitrogens with zero attached hydrogens (tertiary/aromatic N) is 3. The van der Waals surface area contributed by atoms with Gasteiger partial charge in [0.05, 0.1) is 11.9 Å². The molecule has 2 aromatic rings. The van der Waals surface area contributed by atoms with Crippen LogP contribution in [0.25, 0.3) is 0 Å². The van der Waals surface area contributed by atoms with E-state index >= 15 is 0 Å². The number of carbonyl (C=O) groups is 1. The van der Waals surface area contributed by atoms with Crippen molar-refractivity contribution < 1.29 is 13.2 Å². The maximum absolute atomic E-state index is 12.9. The van der Waals surface area contributed by atoms with Gasteiger partial charge in [-0.2, -0.15) is 0 Å². The second-order valence-electron chi connectivity index (χ2n) is 6.29. The zero-order valence-corrected chi connectivity index (χ0v) is 18.7. The van der Waals surface area contributed by atoms with Crippen molar-refractivity contribution in [2.45, 2.75) is 37.6 Å². The van der Waals surface area contributed by atoms with E-state index in [4.69, 9.17) is 0 Å². The third-order valence-corrected chi connectivity index (χ3v) is 6.90. The molecule has 1 heterocycles. The lowest BCUT2D eigenvalue weighted by Crippen LogP contribution is -2.47. The molecule has 0 aliphatic carbocycles. The summed E-state index contributed by atoms with van der Waals surface area (Å²) in [5.41, 5.74) is 2.32. The summed E-state index contributed by atoms with van der Waals surface area (Å²) in [6.07, 6.45) is 3.17. The fraction of sp³-hybridized carbons (Fsp3) is 0.389. The average molecular weight is 441 g/mol. The molecule has 1 atom stereocenters. The Labute approximate surface area is 174 Å². The van der Waals surface area contributed by atoms with Gasteiger partial charge in [-0.1, -0.05) is 42.2 Å². The van der Waals surface area contributed by atoms with Gasteiger partial charge in [0, 0.05) is 5.75 Å². The fourth-order valence-corrected chi connectivity index (χ4v) is 5.49. The normalized spacial score (nSPS) is 12.4. The van der Waals surface area contributed by atoms with Crippen molar-refractivity contribution in [3.05, 3.63) is 42.0 Å². The first kappa shape index (κ1) is 22.4. The van der Waals surface area contributed by atoms with Crippen LogP contribution >= 0.6 is 23.1 Å². The summed E-state index contributed by atoms with van der Waals surface area (Å²) < 4.78 is 27.0. The zero-order chi connectivity index (χ0) is 20.9. The van der Waals surface area contributed by atoms with Crippen LogP contribution in [-0.4, -0.2) is 42.6 Å². The van der Waals surface area contributed by atoms with Gasteiger partial charge in [0.15, 0.2) is 4.34 Å². The number of thioether (sulfide) groups is 1. The summed E-state index contributed by atoms with van der Waals surface area (Å²) in [7, 11) is -3.68. The highest BCUT2D eigenvalue weighted by Crippen LogP contribution is 2.28. The summed E-state index contributed by atoms with van der Waals surface area (Å²) in [4.78, 5) is 12.9. The quantitative estimate of drug-likeness (QED) is 0.364. The lowest BCUT2D eigenvalue weighted by molar-refractivity contribution is -0.117. The van der Waals surface area contributed by atoms with Gasteiger partial charge in [-0.3, -0.25) is 14.4 Å². The van der Waals surface area contributed by atoms with Gasteiger partial charge in [-0.05, 0) is 43.5 Å². The number of hydrogen-bond acceptors (Lipinski definition) is 7. The van der Waals surface area contributed by atoms with Crippen molar-refractivity contribution in [3.63, 3.8) is 0 Å².